The number of halogens is 4. The van der Waals surface area contributed by atoms with E-state index in [1.165, 1.54) is 22.7 Å². The van der Waals surface area contributed by atoms with E-state index in [2.05, 4.69) is 5.32 Å². The number of esters is 1. The van der Waals surface area contributed by atoms with E-state index in [0.29, 0.717) is 4.88 Å². The largest absolute Gasteiger partial charge is 0.452 e. The molecule has 10 heteroatoms. The van der Waals surface area contributed by atoms with Crippen LogP contribution in [0.1, 0.15) is 15.3 Å². The maximum Gasteiger partial charge on any atom is 0.416 e. The summed E-state index contributed by atoms with van der Waals surface area (Å²) < 4.78 is 43.6. The lowest BCUT2D eigenvalue weighted by Gasteiger charge is -2.12. The highest BCUT2D eigenvalue weighted by Crippen LogP contribution is 2.34. The fraction of sp³-hybridized carbons (Fsp3) is 0.100. The number of hydrogen-bond acceptors (Lipinski definition) is 5. The van der Waals surface area contributed by atoms with Crippen LogP contribution in [0.3, 0.4) is 0 Å². The van der Waals surface area contributed by atoms with Gasteiger partial charge in [0.25, 0.3) is 5.91 Å². The minimum atomic E-state index is -4.58. The number of anilines is 1. The van der Waals surface area contributed by atoms with Gasteiger partial charge >= 0.3 is 12.1 Å². The van der Waals surface area contributed by atoms with E-state index in [9.17, 15) is 22.8 Å². The first-order valence-corrected chi connectivity index (χ1v) is 10.5. The van der Waals surface area contributed by atoms with Crippen LogP contribution in [0.15, 0.2) is 53.2 Å². The number of benzene rings is 1. The molecule has 0 aliphatic heterocycles. The van der Waals surface area contributed by atoms with Crippen LogP contribution in [0.25, 0.3) is 11.6 Å². The molecule has 0 saturated heterocycles. The minimum absolute atomic E-state index is 0.0699. The highest BCUT2D eigenvalue weighted by atomic mass is 35.5. The number of carbonyl (C=O) groups is 2. The van der Waals surface area contributed by atoms with Crippen LogP contribution >= 0.6 is 34.3 Å². The van der Waals surface area contributed by atoms with Crippen molar-refractivity contribution in [3.05, 3.63) is 73.6 Å². The minimum Gasteiger partial charge on any atom is -0.452 e. The van der Waals surface area contributed by atoms with Crippen LogP contribution in [0.4, 0.5) is 18.9 Å². The summed E-state index contributed by atoms with van der Waals surface area (Å²) in [7, 11) is 0. The first kappa shape index (κ1) is 22.1. The molecule has 0 atom stereocenters. The summed E-state index contributed by atoms with van der Waals surface area (Å²) in [4.78, 5) is 26.1. The summed E-state index contributed by atoms with van der Waals surface area (Å²) in [5.41, 5.74) is -0.907. The van der Waals surface area contributed by atoms with Gasteiger partial charge in [0.05, 0.1) is 21.8 Å². The summed E-state index contributed by atoms with van der Waals surface area (Å²) in [5, 5.41) is 5.82. The fourth-order valence-corrected chi connectivity index (χ4v) is 3.92. The molecule has 0 fully saturated rings. The highest BCUT2D eigenvalue weighted by molar-refractivity contribution is 7.12. The molecule has 2 heterocycles. The predicted molar refractivity (Wildman–Crippen MR) is 113 cm³/mol. The summed E-state index contributed by atoms with van der Waals surface area (Å²) in [5.74, 6) is -1.54. The lowest BCUT2D eigenvalue weighted by atomic mass is 10.2. The third kappa shape index (κ3) is 5.71. The van der Waals surface area contributed by atoms with Crippen LogP contribution in [0.2, 0.25) is 5.02 Å². The van der Waals surface area contributed by atoms with E-state index in [0.717, 1.165) is 23.1 Å². The van der Waals surface area contributed by atoms with Gasteiger partial charge in [-0.2, -0.15) is 13.2 Å². The molecule has 3 aromatic rings. The van der Waals surface area contributed by atoms with Crippen molar-refractivity contribution < 1.29 is 27.5 Å². The van der Waals surface area contributed by atoms with E-state index in [1.54, 1.807) is 23.6 Å². The Kier molecular flexibility index (Phi) is 6.96. The van der Waals surface area contributed by atoms with Gasteiger partial charge in [-0.1, -0.05) is 23.7 Å². The molecule has 0 bridgehead atoms. The number of thiophene rings is 2. The smallest absolute Gasteiger partial charge is 0.416 e. The standard InChI is InChI=1S/C20H13ClF3NO3S2/c21-15-6-5-12(20(22,23)24)9-16(15)25-18(26)11-28-19(27)14(17-4-2-8-30-17)10-13-3-1-7-29-13/h1-10H,11H2,(H,25,26). The SMILES string of the molecule is O=C(COC(=O)C(=Cc1cccs1)c1cccs1)Nc1cc(C(F)(F)F)ccc1Cl. The zero-order valence-electron chi connectivity index (χ0n) is 15.0. The second-order valence-electron chi connectivity index (χ2n) is 5.87. The molecular formula is C20H13ClF3NO3S2. The molecule has 2 aromatic heterocycles. The maximum atomic E-state index is 12.8. The van der Waals surface area contributed by atoms with Crippen molar-refractivity contribution in [2.45, 2.75) is 6.18 Å². The summed E-state index contributed by atoms with van der Waals surface area (Å²) in [6, 6.07) is 9.74. The molecule has 0 aliphatic carbocycles. The molecular weight excluding hydrogens is 459 g/mol. The zero-order valence-corrected chi connectivity index (χ0v) is 17.4. The third-order valence-electron chi connectivity index (χ3n) is 3.74. The Balaban J connectivity index is 1.69. The molecule has 1 aromatic carbocycles. The fourth-order valence-electron chi connectivity index (χ4n) is 2.37. The van der Waals surface area contributed by atoms with E-state index in [-0.39, 0.29) is 16.3 Å². The van der Waals surface area contributed by atoms with Gasteiger partial charge in [-0.15, -0.1) is 22.7 Å². The Hall–Kier alpha value is -2.62. The number of carbonyl (C=O) groups excluding carboxylic acids is 2. The van der Waals surface area contributed by atoms with Crippen LogP contribution in [-0.2, 0) is 20.5 Å². The Morgan fingerprint density at radius 2 is 1.83 bits per heavy atom. The third-order valence-corrected chi connectivity index (χ3v) is 5.79. The molecule has 3 rings (SSSR count). The molecule has 1 N–H and O–H groups in total. The average molecular weight is 472 g/mol. The van der Waals surface area contributed by atoms with Crippen LogP contribution in [-0.4, -0.2) is 18.5 Å². The topological polar surface area (TPSA) is 55.4 Å². The summed E-state index contributed by atoms with van der Waals surface area (Å²) in [6.07, 6.45) is -2.93. The Labute approximate surface area is 182 Å². The lowest BCUT2D eigenvalue weighted by molar-refractivity contribution is -0.141. The predicted octanol–water partition coefficient (Wildman–Crippen LogP) is 6.20. The average Bonchev–Trinajstić information content (AvgIpc) is 3.39. The number of hydrogen-bond donors (Lipinski definition) is 1. The first-order valence-electron chi connectivity index (χ1n) is 8.37. The zero-order chi connectivity index (χ0) is 21.7. The molecule has 30 heavy (non-hydrogen) atoms. The Morgan fingerprint density at radius 3 is 2.47 bits per heavy atom. The quantitative estimate of drug-likeness (QED) is 0.344. The number of ether oxygens (including phenoxy) is 1. The van der Waals surface area contributed by atoms with Crippen LogP contribution < -0.4 is 5.32 Å². The summed E-state index contributed by atoms with van der Waals surface area (Å²) >= 11 is 8.62. The molecule has 0 spiro atoms. The molecule has 1 amide bonds. The first-order chi connectivity index (χ1) is 14.2. The van der Waals surface area contributed by atoms with Gasteiger partial charge in [0.2, 0.25) is 0 Å². The molecule has 0 saturated carbocycles. The summed E-state index contributed by atoms with van der Waals surface area (Å²) in [6.45, 7) is -0.682. The maximum absolute atomic E-state index is 12.8. The van der Waals surface area contributed by atoms with Crippen molar-refractivity contribution >= 4 is 63.5 Å². The van der Waals surface area contributed by atoms with Gasteiger partial charge in [-0.3, -0.25) is 4.79 Å². The Bertz CT molecular complexity index is 1060. The van der Waals surface area contributed by atoms with Gasteiger partial charge in [0.1, 0.15) is 0 Å². The normalized spacial score (nSPS) is 11.9. The molecule has 4 nitrogen and oxygen atoms in total. The van der Waals surface area contributed by atoms with Crippen molar-refractivity contribution in [1.82, 2.24) is 0 Å². The Morgan fingerprint density at radius 1 is 1.10 bits per heavy atom. The lowest BCUT2D eigenvalue weighted by Crippen LogP contribution is -2.21. The van der Waals surface area contributed by atoms with E-state index in [1.807, 2.05) is 17.5 Å². The second-order valence-corrected chi connectivity index (χ2v) is 8.20. The van der Waals surface area contributed by atoms with Gasteiger partial charge in [0, 0.05) is 9.75 Å². The van der Waals surface area contributed by atoms with Crippen LogP contribution in [0, 0.1) is 0 Å². The van der Waals surface area contributed by atoms with Crippen molar-refractivity contribution in [3.8, 4) is 0 Å². The van der Waals surface area contributed by atoms with Crippen LogP contribution in [0.5, 0.6) is 0 Å². The van der Waals surface area contributed by atoms with Crippen molar-refractivity contribution in [2.24, 2.45) is 0 Å². The van der Waals surface area contributed by atoms with E-state index < -0.39 is 30.2 Å². The van der Waals surface area contributed by atoms with Crippen molar-refractivity contribution in [2.75, 3.05) is 11.9 Å². The van der Waals surface area contributed by atoms with Gasteiger partial charge in [-0.05, 0) is 47.2 Å². The number of amides is 1. The number of rotatable bonds is 6. The monoisotopic (exact) mass is 471 g/mol. The van der Waals surface area contributed by atoms with Gasteiger partial charge in [0.15, 0.2) is 6.61 Å². The van der Waals surface area contributed by atoms with Crippen molar-refractivity contribution in [1.29, 1.82) is 0 Å². The van der Waals surface area contributed by atoms with Gasteiger partial charge < -0.3 is 10.1 Å². The molecule has 156 valence electrons. The van der Waals surface area contributed by atoms with E-state index in [4.69, 9.17) is 16.3 Å². The number of alkyl halides is 3. The van der Waals surface area contributed by atoms with Gasteiger partial charge in [-0.25, -0.2) is 4.79 Å². The molecule has 0 aliphatic rings. The molecule has 0 radical (unpaired) electrons. The highest BCUT2D eigenvalue weighted by Gasteiger charge is 2.31. The second kappa shape index (κ2) is 9.46. The number of nitrogens with one attached hydrogen (secondary N) is 1. The van der Waals surface area contributed by atoms with E-state index >= 15 is 0 Å². The van der Waals surface area contributed by atoms with Crippen molar-refractivity contribution in [3.63, 3.8) is 0 Å². The molecule has 0 unspecified atom stereocenters.